The minimum absolute atomic E-state index is 0.543. The molecule has 0 atom stereocenters. The van der Waals surface area contributed by atoms with E-state index in [0.29, 0.717) is 5.92 Å². The second kappa shape index (κ2) is 5.70. The highest BCUT2D eigenvalue weighted by Gasteiger charge is 2.12. The van der Waals surface area contributed by atoms with Crippen LogP contribution < -0.4 is 0 Å². The third kappa shape index (κ3) is 2.44. The third-order valence-electron chi connectivity index (χ3n) is 4.20. The number of benzene rings is 1. The van der Waals surface area contributed by atoms with E-state index in [9.17, 15) is 0 Å². The van der Waals surface area contributed by atoms with Crippen LogP contribution in [-0.4, -0.2) is 29.9 Å². The van der Waals surface area contributed by atoms with Crippen molar-refractivity contribution in [3.05, 3.63) is 36.4 Å². The quantitative estimate of drug-likeness (QED) is 0.624. The number of aromatic amines is 1. The predicted molar refractivity (Wildman–Crippen MR) is 94.6 cm³/mol. The Morgan fingerprint density at radius 3 is 2.92 bits per heavy atom. The summed E-state index contributed by atoms with van der Waals surface area (Å²) < 4.78 is 1.91. The van der Waals surface area contributed by atoms with Crippen molar-refractivity contribution >= 4 is 22.1 Å². The van der Waals surface area contributed by atoms with E-state index in [1.165, 1.54) is 0 Å². The van der Waals surface area contributed by atoms with Gasteiger partial charge in [-0.1, -0.05) is 25.1 Å². The first-order chi connectivity index (χ1) is 11.7. The number of nitrogens with one attached hydrogen (secondary N) is 1. The molecule has 3 aromatic heterocycles. The Morgan fingerprint density at radius 2 is 2.12 bits per heavy atom. The molecule has 6 nitrogen and oxygen atoms in total. The molecule has 3 heterocycles. The highest BCUT2D eigenvalue weighted by Crippen LogP contribution is 2.29. The van der Waals surface area contributed by atoms with E-state index in [1.54, 1.807) is 0 Å². The van der Waals surface area contributed by atoms with E-state index in [1.807, 2.05) is 23.1 Å². The monoisotopic (exact) mass is 320 g/mol. The van der Waals surface area contributed by atoms with E-state index < -0.39 is 0 Å². The Kier molecular flexibility index (Phi) is 3.52. The van der Waals surface area contributed by atoms with Gasteiger partial charge in [0.05, 0.1) is 5.52 Å². The van der Waals surface area contributed by atoms with Gasteiger partial charge in [-0.05, 0) is 30.5 Å². The van der Waals surface area contributed by atoms with Crippen molar-refractivity contribution in [3.63, 3.8) is 0 Å². The highest BCUT2D eigenvalue weighted by molar-refractivity contribution is 5.95. The number of aryl methyl sites for hydroxylation is 1. The van der Waals surface area contributed by atoms with Gasteiger partial charge < -0.3 is 4.98 Å². The molecule has 4 aromatic rings. The van der Waals surface area contributed by atoms with E-state index in [4.69, 9.17) is 0 Å². The van der Waals surface area contributed by atoms with Gasteiger partial charge in [-0.2, -0.15) is 0 Å². The maximum absolute atomic E-state index is 4.65. The molecule has 122 valence electrons. The Balaban J connectivity index is 1.81. The fourth-order valence-electron chi connectivity index (χ4n) is 3.01. The van der Waals surface area contributed by atoms with Crippen LogP contribution in [0.1, 0.15) is 26.6 Å². The molecule has 1 aromatic carbocycles. The molecule has 0 unspecified atom stereocenters. The Labute approximate surface area is 139 Å². The number of aromatic nitrogens is 6. The molecule has 0 aliphatic heterocycles. The number of nitrogens with zero attached hydrogens (tertiary/aromatic N) is 5. The number of H-pyrrole nitrogens is 1. The fraction of sp³-hybridized carbons (Fsp3) is 0.333. The fourth-order valence-corrected chi connectivity index (χ4v) is 3.01. The Morgan fingerprint density at radius 1 is 1.25 bits per heavy atom. The Hall–Kier alpha value is -2.76. The van der Waals surface area contributed by atoms with Gasteiger partial charge in [0.25, 0.3) is 0 Å². The van der Waals surface area contributed by atoms with Crippen LogP contribution in [0.25, 0.3) is 33.2 Å². The normalized spacial score (nSPS) is 11.8. The summed E-state index contributed by atoms with van der Waals surface area (Å²) in [6.07, 6.45) is 4.81. The maximum Gasteiger partial charge on any atom is 0.141 e. The van der Waals surface area contributed by atoms with E-state index in [0.717, 1.165) is 52.0 Å². The van der Waals surface area contributed by atoms with Crippen molar-refractivity contribution < 1.29 is 0 Å². The van der Waals surface area contributed by atoms with Gasteiger partial charge in [0.1, 0.15) is 17.0 Å². The van der Waals surface area contributed by atoms with Crippen LogP contribution in [0.4, 0.5) is 0 Å². The van der Waals surface area contributed by atoms with E-state index in [2.05, 4.69) is 58.2 Å². The van der Waals surface area contributed by atoms with Crippen molar-refractivity contribution in [3.8, 4) is 11.1 Å². The standard InChI is InChI=1S/C18H20N6/c1-4-24-16-8-12(5-6-15(16)22-23-24)13-9-20-18-14(13)10-19-17(21-18)7-11(2)3/h5-6,8-11H,4,7H2,1-3H3,(H,19,20,21). The summed E-state index contributed by atoms with van der Waals surface area (Å²) >= 11 is 0. The lowest BCUT2D eigenvalue weighted by Crippen LogP contribution is -2.00. The summed E-state index contributed by atoms with van der Waals surface area (Å²) in [6.45, 7) is 7.22. The second-order valence-corrected chi connectivity index (χ2v) is 6.46. The maximum atomic E-state index is 4.65. The smallest absolute Gasteiger partial charge is 0.141 e. The van der Waals surface area contributed by atoms with Crippen LogP contribution in [-0.2, 0) is 13.0 Å². The van der Waals surface area contributed by atoms with Gasteiger partial charge in [0.2, 0.25) is 0 Å². The minimum Gasteiger partial charge on any atom is -0.345 e. The summed E-state index contributed by atoms with van der Waals surface area (Å²) in [5.74, 6) is 1.43. The second-order valence-electron chi connectivity index (χ2n) is 6.46. The van der Waals surface area contributed by atoms with E-state index >= 15 is 0 Å². The number of rotatable bonds is 4. The van der Waals surface area contributed by atoms with Crippen LogP contribution in [0, 0.1) is 5.92 Å². The molecule has 4 rings (SSSR count). The average molecular weight is 320 g/mol. The summed E-state index contributed by atoms with van der Waals surface area (Å²) in [5.41, 5.74) is 5.06. The SMILES string of the molecule is CCn1nnc2ccc(-c3c[nH]c4nc(CC(C)C)ncc34)cc21. The first-order valence-corrected chi connectivity index (χ1v) is 8.32. The van der Waals surface area contributed by atoms with Gasteiger partial charge >= 0.3 is 0 Å². The molecule has 6 heteroatoms. The van der Waals surface area contributed by atoms with Gasteiger partial charge in [-0.3, -0.25) is 0 Å². The summed E-state index contributed by atoms with van der Waals surface area (Å²) in [4.78, 5) is 12.5. The lowest BCUT2D eigenvalue weighted by molar-refractivity contribution is 0.622. The van der Waals surface area contributed by atoms with Crippen LogP contribution in [0.5, 0.6) is 0 Å². The first kappa shape index (κ1) is 14.8. The molecule has 0 spiro atoms. The predicted octanol–water partition coefficient (Wildman–Crippen LogP) is 3.59. The molecule has 0 aliphatic rings. The van der Waals surface area contributed by atoms with Crippen LogP contribution in [0.2, 0.25) is 0 Å². The molecule has 0 bridgehead atoms. The topological polar surface area (TPSA) is 72.3 Å². The van der Waals surface area contributed by atoms with Crippen molar-refractivity contribution in [2.75, 3.05) is 0 Å². The van der Waals surface area contributed by atoms with Crippen LogP contribution >= 0.6 is 0 Å². The largest absolute Gasteiger partial charge is 0.345 e. The number of hydrogen-bond donors (Lipinski definition) is 1. The third-order valence-corrected chi connectivity index (χ3v) is 4.20. The molecule has 0 amide bonds. The molecule has 0 aliphatic carbocycles. The molecule has 0 radical (unpaired) electrons. The van der Waals surface area contributed by atoms with E-state index in [-0.39, 0.29) is 0 Å². The molecular formula is C18H20N6. The number of hydrogen-bond acceptors (Lipinski definition) is 4. The molecule has 1 N–H and O–H groups in total. The summed E-state index contributed by atoms with van der Waals surface area (Å²) in [5, 5.41) is 9.40. The van der Waals surface area contributed by atoms with Gasteiger partial charge in [-0.15, -0.1) is 5.10 Å². The van der Waals surface area contributed by atoms with Gasteiger partial charge in [0, 0.05) is 36.3 Å². The van der Waals surface area contributed by atoms with Gasteiger partial charge in [-0.25, -0.2) is 14.6 Å². The lowest BCUT2D eigenvalue weighted by Gasteiger charge is -2.04. The van der Waals surface area contributed by atoms with Crippen molar-refractivity contribution in [1.82, 2.24) is 29.9 Å². The zero-order valence-electron chi connectivity index (χ0n) is 14.1. The first-order valence-electron chi connectivity index (χ1n) is 8.32. The van der Waals surface area contributed by atoms with Crippen LogP contribution in [0.3, 0.4) is 0 Å². The highest BCUT2D eigenvalue weighted by atomic mass is 15.4. The van der Waals surface area contributed by atoms with Crippen molar-refractivity contribution in [1.29, 1.82) is 0 Å². The molecule has 24 heavy (non-hydrogen) atoms. The molecule has 0 fully saturated rings. The summed E-state index contributed by atoms with van der Waals surface area (Å²) in [6, 6.07) is 6.21. The van der Waals surface area contributed by atoms with Crippen molar-refractivity contribution in [2.45, 2.75) is 33.7 Å². The molecular weight excluding hydrogens is 300 g/mol. The van der Waals surface area contributed by atoms with Gasteiger partial charge in [0.15, 0.2) is 0 Å². The zero-order valence-corrected chi connectivity index (χ0v) is 14.1. The summed E-state index contributed by atoms with van der Waals surface area (Å²) in [7, 11) is 0. The van der Waals surface area contributed by atoms with Crippen molar-refractivity contribution in [2.24, 2.45) is 5.92 Å². The molecule has 0 saturated heterocycles. The average Bonchev–Trinajstić information content (AvgIpc) is 3.16. The zero-order chi connectivity index (χ0) is 16.7. The molecule has 0 saturated carbocycles. The lowest BCUT2D eigenvalue weighted by atomic mass is 10.1. The number of fused-ring (bicyclic) bond motifs is 2. The minimum atomic E-state index is 0.543. The Bertz CT molecular complexity index is 1010. The van der Waals surface area contributed by atoms with Crippen LogP contribution in [0.15, 0.2) is 30.6 Å².